The van der Waals surface area contributed by atoms with Crippen molar-refractivity contribution in [2.45, 2.75) is 17.9 Å². The second-order valence-electron chi connectivity index (χ2n) is 4.84. The van der Waals surface area contributed by atoms with Crippen LogP contribution < -0.4 is 5.32 Å². The minimum absolute atomic E-state index is 0.206. The van der Waals surface area contributed by atoms with Crippen molar-refractivity contribution in [1.29, 1.82) is 0 Å². The number of hydrogen-bond acceptors (Lipinski definition) is 4. The van der Waals surface area contributed by atoms with Gasteiger partial charge in [0.2, 0.25) is 5.91 Å². The summed E-state index contributed by atoms with van der Waals surface area (Å²) in [5.74, 6) is -0.206. The molecule has 0 aliphatic rings. The van der Waals surface area contributed by atoms with Gasteiger partial charge in [0.25, 0.3) is 0 Å². The van der Waals surface area contributed by atoms with Gasteiger partial charge in [-0.25, -0.2) is 0 Å². The van der Waals surface area contributed by atoms with Crippen LogP contribution in [-0.4, -0.2) is 23.8 Å². The van der Waals surface area contributed by atoms with Gasteiger partial charge in [-0.2, -0.15) is 0 Å². The van der Waals surface area contributed by atoms with Gasteiger partial charge in [0.1, 0.15) is 6.10 Å². The van der Waals surface area contributed by atoms with Gasteiger partial charge < -0.3 is 10.4 Å². The Morgan fingerprint density at radius 1 is 1.36 bits per heavy atom. The van der Waals surface area contributed by atoms with Gasteiger partial charge in [0.15, 0.2) is 0 Å². The molecule has 0 fully saturated rings. The van der Waals surface area contributed by atoms with Gasteiger partial charge in [0, 0.05) is 22.4 Å². The lowest BCUT2D eigenvalue weighted by atomic mass is 10.2. The summed E-state index contributed by atoms with van der Waals surface area (Å²) >= 11 is 3.18. The second kappa shape index (κ2) is 8.17. The standard InChI is InChI=1S/C17H19NO2S2/c1-12-9-10-22-17(12)15(19)11-18-16(20)8-5-13-3-6-14(21-2)7-4-13/h3-10,15,19H,11H2,1-2H3,(H,18,20)/b8-5+/t15-/m0/s1. The highest BCUT2D eigenvalue weighted by Crippen LogP contribution is 2.23. The van der Waals surface area contributed by atoms with E-state index in [2.05, 4.69) is 5.32 Å². The lowest BCUT2D eigenvalue weighted by Gasteiger charge is -2.10. The molecule has 2 rings (SSSR count). The van der Waals surface area contributed by atoms with Crippen LogP contribution in [0.15, 0.2) is 46.7 Å². The lowest BCUT2D eigenvalue weighted by Crippen LogP contribution is -2.26. The molecule has 1 aromatic heterocycles. The van der Waals surface area contributed by atoms with Gasteiger partial charge in [-0.1, -0.05) is 12.1 Å². The molecule has 1 aromatic carbocycles. The first kappa shape index (κ1) is 16.8. The number of carbonyl (C=O) groups is 1. The summed E-state index contributed by atoms with van der Waals surface area (Å²) in [6.07, 6.45) is 4.63. The topological polar surface area (TPSA) is 49.3 Å². The summed E-state index contributed by atoms with van der Waals surface area (Å²) in [5, 5.41) is 14.7. The van der Waals surface area contributed by atoms with E-state index in [4.69, 9.17) is 0 Å². The number of carbonyl (C=O) groups excluding carboxylic acids is 1. The van der Waals surface area contributed by atoms with Crippen LogP contribution in [0.1, 0.15) is 22.1 Å². The molecule has 0 spiro atoms. The number of aliphatic hydroxyl groups is 1. The predicted octanol–water partition coefficient (Wildman–Crippen LogP) is 3.64. The molecule has 0 saturated heterocycles. The highest BCUT2D eigenvalue weighted by atomic mass is 32.2. The lowest BCUT2D eigenvalue weighted by molar-refractivity contribution is -0.116. The molecule has 2 N–H and O–H groups in total. The summed E-state index contributed by atoms with van der Waals surface area (Å²) in [7, 11) is 0. The molecule has 1 amide bonds. The Kier molecular flexibility index (Phi) is 6.24. The molecular weight excluding hydrogens is 314 g/mol. The highest BCUT2D eigenvalue weighted by Gasteiger charge is 2.12. The van der Waals surface area contributed by atoms with Crippen LogP contribution in [0.5, 0.6) is 0 Å². The molecule has 0 aliphatic carbocycles. The number of thioether (sulfide) groups is 1. The Balaban J connectivity index is 1.84. The van der Waals surface area contributed by atoms with E-state index in [-0.39, 0.29) is 12.5 Å². The van der Waals surface area contributed by atoms with Gasteiger partial charge in [0.05, 0.1) is 0 Å². The number of thiophene rings is 1. The molecule has 22 heavy (non-hydrogen) atoms. The van der Waals surface area contributed by atoms with Crippen LogP contribution in [0.3, 0.4) is 0 Å². The average molecular weight is 333 g/mol. The third-order valence-corrected chi connectivity index (χ3v) is 5.08. The van der Waals surface area contributed by atoms with Gasteiger partial charge >= 0.3 is 0 Å². The summed E-state index contributed by atoms with van der Waals surface area (Å²) in [6, 6.07) is 9.94. The van der Waals surface area contributed by atoms with Crippen molar-refractivity contribution in [2.24, 2.45) is 0 Å². The zero-order valence-electron chi connectivity index (χ0n) is 12.6. The maximum atomic E-state index is 11.8. The maximum absolute atomic E-state index is 11.8. The van der Waals surface area contributed by atoms with Gasteiger partial charge in [-0.05, 0) is 54.0 Å². The first-order valence-electron chi connectivity index (χ1n) is 6.92. The number of hydrogen-bond donors (Lipinski definition) is 2. The van der Waals surface area contributed by atoms with Crippen LogP contribution in [0.2, 0.25) is 0 Å². The molecular formula is C17H19NO2S2. The largest absolute Gasteiger partial charge is 0.386 e. The maximum Gasteiger partial charge on any atom is 0.244 e. The van der Waals surface area contributed by atoms with E-state index in [0.29, 0.717) is 0 Å². The number of benzene rings is 1. The van der Waals surface area contributed by atoms with Crippen LogP contribution in [0, 0.1) is 6.92 Å². The molecule has 0 saturated carbocycles. The fraction of sp³-hybridized carbons (Fsp3) is 0.235. The summed E-state index contributed by atoms with van der Waals surface area (Å²) in [5.41, 5.74) is 2.03. The van der Waals surface area contributed by atoms with Crippen molar-refractivity contribution in [1.82, 2.24) is 5.32 Å². The van der Waals surface area contributed by atoms with E-state index in [1.807, 2.05) is 48.9 Å². The molecule has 0 aliphatic heterocycles. The van der Waals surface area contributed by atoms with E-state index in [1.165, 1.54) is 22.3 Å². The average Bonchev–Trinajstić information content (AvgIpc) is 2.97. The molecule has 116 valence electrons. The quantitative estimate of drug-likeness (QED) is 0.627. The third-order valence-electron chi connectivity index (χ3n) is 3.22. The molecule has 1 heterocycles. The van der Waals surface area contributed by atoms with Crippen LogP contribution in [-0.2, 0) is 4.79 Å². The molecule has 0 unspecified atom stereocenters. The zero-order valence-corrected chi connectivity index (χ0v) is 14.2. The van der Waals surface area contributed by atoms with Crippen molar-refractivity contribution in [2.75, 3.05) is 12.8 Å². The first-order chi connectivity index (χ1) is 10.6. The molecule has 1 atom stereocenters. The van der Waals surface area contributed by atoms with Crippen molar-refractivity contribution in [3.8, 4) is 0 Å². The SMILES string of the molecule is CSc1ccc(/C=C/C(=O)NC[C@H](O)c2sccc2C)cc1. The van der Waals surface area contributed by atoms with Crippen molar-refractivity contribution in [3.63, 3.8) is 0 Å². The Morgan fingerprint density at radius 2 is 2.09 bits per heavy atom. The van der Waals surface area contributed by atoms with Crippen molar-refractivity contribution < 1.29 is 9.90 Å². The van der Waals surface area contributed by atoms with E-state index in [0.717, 1.165) is 16.0 Å². The fourth-order valence-electron chi connectivity index (χ4n) is 1.96. The minimum atomic E-state index is -0.654. The smallest absolute Gasteiger partial charge is 0.244 e. The van der Waals surface area contributed by atoms with Crippen LogP contribution >= 0.6 is 23.1 Å². The minimum Gasteiger partial charge on any atom is -0.386 e. The summed E-state index contributed by atoms with van der Waals surface area (Å²) in [4.78, 5) is 13.9. The van der Waals surface area contributed by atoms with Gasteiger partial charge in [-0.3, -0.25) is 4.79 Å². The Bertz CT molecular complexity index is 647. The monoisotopic (exact) mass is 333 g/mol. The fourth-order valence-corrected chi connectivity index (χ4v) is 3.28. The number of aryl methyl sites for hydroxylation is 1. The zero-order chi connectivity index (χ0) is 15.9. The highest BCUT2D eigenvalue weighted by molar-refractivity contribution is 7.98. The van der Waals surface area contributed by atoms with Crippen LogP contribution in [0.4, 0.5) is 0 Å². The van der Waals surface area contributed by atoms with Crippen molar-refractivity contribution >= 4 is 35.1 Å². The number of amides is 1. The third kappa shape index (κ3) is 4.73. The van der Waals surface area contributed by atoms with E-state index in [9.17, 15) is 9.90 Å². The molecule has 0 radical (unpaired) electrons. The molecule has 2 aromatic rings. The van der Waals surface area contributed by atoms with E-state index < -0.39 is 6.10 Å². The predicted molar refractivity (Wildman–Crippen MR) is 94.3 cm³/mol. The number of aliphatic hydroxyl groups excluding tert-OH is 1. The molecule has 3 nitrogen and oxygen atoms in total. The number of nitrogens with one attached hydrogen (secondary N) is 1. The summed E-state index contributed by atoms with van der Waals surface area (Å²) in [6.45, 7) is 2.17. The normalized spacial score (nSPS) is 12.5. The van der Waals surface area contributed by atoms with Gasteiger partial charge in [-0.15, -0.1) is 23.1 Å². The van der Waals surface area contributed by atoms with Crippen molar-refractivity contribution in [3.05, 3.63) is 57.8 Å². The number of rotatable bonds is 6. The molecule has 0 bridgehead atoms. The van der Waals surface area contributed by atoms with E-state index >= 15 is 0 Å². The van der Waals surface area contributed by atoms with E-state index in [1.54, 1.807) is 17.8 Å². The molecule has 5 heteroatoms. The first-order valence-corrected chi connectivity index (χ1v) is 9.02. The Labute approximate surface area is 139 Å². The Morgan fingerprint density at radius 3 is 2.68 bits per heavy atom. The summed E-state index contributed by atoms with van der Waals surface area (Å²) < 4.78 is 0. The van der Waals surface area contributed by atoms with Crippen LogP contribution in [0.25, 0.3) is 6.08 Å². The Hall–Kier alpha value is -1.56. The second-order valence-corrected chi connectivity index (χ2v) is 6.66.